The molecule has 3 heterocycles. The van der Waals surface area contributed by atoms with Gasteiger partial charge in [0, 0.05) is 0 Å². The highest BCUT2D eigenvalue weighted by atomic mass is 19.4. The lowest BCUT2D eigenvalue weighted by Gasteiger charge is -2.78. The molecule has 3 aliphatic heterocycles. The molecule has 4 unspecified atom stereocenters. The molecule has 12 nitrogen and oxygen atoms in total. The third-order valence-electron chi connectivity index (χ3n) is 18.1. The van der Waals surface area contributed by atoms with E-state index in [4.69, 9.17) is 19.2 Å². The summed E-state index contributed by atoms with van der Waals surface area (Å²) in [6.45, 7) is -0.300. The van der Waals surface area contributed by atoms with E-state index in [1.807, 2.05) is 0 Å². The highest BCUT2D eigenvalue weighted by Crippen LogP contribution is 2.78. The van der Waals surface area contributed by atoms with Gasteiger partial charge in [-0.3, -0.25) is 28.8 Å². The third kappa shape index (κ3) is 6.26. The lowest BCUT2D eigenvalue weighted by molar-refractivity contribution is -0.616. The Labute approximate surface area is 406 Å². The molecule has 1 saturated heterocycles. The first-order valence-corrected chi connectivity index (χ1v) is 24.3. The standard InChI is InChI=1S/C54H44F6N2O10/c55-53(56,57)31-3-7-37(8-4-31)61-43(63)39-11-1-27(17-41(39)45(61)65)25-69-47(67)49-19-29-13-33(21-49)51(34(14-29)22-49)52(72-71-51)35-15-30-16-36(52)24-50(20-30,23-35)48(68)70-26-28-2-12-40-42(18-28)46(66)62(44(40)64)38-9-5-32(6-10-38)54(58,59)60/h1-12,17-18,29-30,33-36H,13-16,19-26H2. The second kappa shape index (κ2) is 15.1. The maximum atomic E-state index is 14.3. The molecular formula is C54H44F6N2O10. The number of benzene rings is 4. The van der Waals surface area contributed by atoms with Gasteiger partial charge in [-0.15, -0.1) is 0 Å². The highest BCUT2D eigenvalue weighted by Gasteiger charge is 2.84. The van der Waals surface area contributed by atoms with E-state index in [0.29, 0.717) is 49.7 Å². The van der Waals surface area contributed by atoms with Crippen LogP contribution in [0.3, 0.4) is 0 Å². The van der Waals surface area contributed by atoms with Gasteiger partial charge in [-0.05, 0) is 184 Å². The maximum Gasteiger partial charge on any atom is 0.416 e. The van der Waals surface area contributed by atoms with Crippen molar-refractivity contribution in [3.05, 3.63) is 129 Å². The molecule has 4 atom stereocenters. The lowest BCUT2D eigenvalue weighted by Crippen LogP contribution is -2.85. The summed E-state index contributed by atoms with van der Waals surface area (Å²) < 4.78 is 91.2. The van der Waals surface area contributed by atoms with Crippen LogP contribution in [0.2, 0.25) is 0 Å². The number of rotatable bonds is 8. The number of nitrogens with zero attached hydrogens (tertiary/aromatic N) is 2. The topological polar surface area (TPSA) is 146 Å². The Morgan fingerprint density at radius 3 is 1.14 bits per heavy atom. The van der Waals surface area contributed by atoms with Crippen molar-refractivity contribution < 1.29 is 74.4 Å². The molecule has 0 radical (unpaired) electrons. The van der Waals surface area contributed by atoms with Crippen molar-refractivity contribution in [2.24, 2.45) is 46.3 Å². The molecule has 9 fully saturated rings. The van der Waals surface area contributed by atoms with E-state index in [-0.39, 0.29) is 94.3 Å². The molecule has 4 aromatic rings. The van der Waals surface area contributed by atoms with Crippen LogP contribution in [0, 0.1) is 46.3 Å². The fraction of sp³-hybridized carbons (Fsp3) is 0.444. The second-order valence-electron chi connectivity index (χ2n) is 21.9. The Hall–Kier alpha value is -6.40. The van der Waals surface area contributed by atoms with Crippen LogP contribution in [0.5, 0.6) is 0 Å². The summed E-state index contributed by atoms with van der Waals surface area (Å²) in [6.07, 6.45) is -2.10. The number of hydrogen-bond acceptors (Lipinski definition) is 10. The monoisotopic (exact) mass is 994 g/mol. The predicted octanol–water partition coefficient (Wildman–Crippen LogP) is 10.2. The number of ether oxygens (including phenoxy) is 2. The Morgan fingerprint density at radius 1 is 0.486 bits per heavy atom. The minimum absolute atomic E-state index is 0.00382. The van der Waals surface area contributed by atoms with Crippen LogP contribution < -0.4 is 9.80 Å². The van der Waals surface area contributed by atoms with Crippen LogP contribution >= 0.6 is 0 Å². The number of anilines is 2. The molecule has 4 aromatic carbocycles. The van der Waals surface area contributed by atoms with Crippen LogP contribution in [-0.4, -0.2) is 46.8 Å². The van der Waals surface area contributed by atoms with Crippen LogP contribution in [0.15, 0.2) is 84.9 Å². The van der Waals surface area contributed by atoms with Crippen molar-refractivity contribution in [3.8, 4) is 0 Å². The van der Waals surface area contributed by atoms with E-state index in [1.54, 1.807) is 12.1 Å². The fourth-order valence-electron chi connectivity index (χ4n) is 15.6. The predicted molar refractivity (Wildman–Crippen MR) is 237 cm³/mol. The molecule has 8 saturated carbocycles. The Balaban J connectivity index is 0.674. The van der Waals surface area contributed by atoms with E-state index < -0.39 is 69.1 Å². The lowest BCUT2D eigenvalue weighted by atomic mass is 9.34. The van der Waals surface area contributed by atoms with Crippen molar-refractivity contribution in [2.45, 2.75) is 101 Å². The molecular weight excluding hydrogens is 951 g/mol. The number of carbonyl (C=O) groups excluding carboxylic acids is 6. The van der Waals surface area contributed by atoms with Crippen LogP contribution in [-0.2, 0) is 54.4 Å². The number of carbonyl (C=O) groups is 6. The zero-order valence-corrected chi connectivity index (χ0v) is 38.3. The number of esters is 2. The largest absolute Gasteiger partial charge is 0.460 e. The molecule has 2 spiro atoms. The molecule has 372 valence electrons. The molecule has 8 bridgehead atoms. The van der Waals surface area contributed by atoms with Gasteiger partial charge in [0.1, 0.15) is 24.4 Å². The van der Waals surface area contributed by atoms with Gasteiger partial charge in [-0.25, -0.2) is 19.6 Å². The van der Waals surface area contributed by atoms with Gasteiger partial charge in [0.05, 0.1) is 55.6 Å². The van der Waals surface area contributed by atoms with Crippen molar-refractivity contribution in [1.82, 2.24) is 0 Å². The van der Waals surface area contributed by atoms with Gasteiger partial charge in [0.25, 0.3) is 23.6 Å². The molecule has 72 heavy (non-hydrogen) atoms. The van der Waals surface area contributed by atoms with Gasteiger partial charge in [-0.2, -0.15) is 26.3 Å². The van der Waals surface area contributed by atoms with Crippen molar-refractivity contribution in [1.29, 1.82) is 0 Å². The van der Waals surface area contributed by atoms with E-state index in [2.05, 4.69) is 0 Å². The number of imide groups is 2. The molecule has 11 aliphatic rings. The third-order valence-corrected chi connectivity index (χ3v) is 18.1. The Morgan fingerprint density at radius 2 is 0.819 bits per heavy atom. The molecule has 18 heteroatoms. The zero-order chi connectivity index (χ0) is 50.1. The molecule has 0 aromatic heterocycles. The van der Waals surface area contributed by atoms with Crippen molar-refractivity contribution >= 4 is 46.9 Å². The average Bonchev–Trinajstić information content (AvgIpc) is 3.73. The van der Waals surface area contributed by atoms with Crippen LogP contribution in [0.4, 0.5) is 37.7 Å². The summed E-state index contributed by atoms with van der Waals surface area (Å²) >= 11 is 0. The number of amides is 4. The summed E-state index contributed by atoms with van der Waals surface area (Å²) in [7, 11) is 0. The molecule has 15 rings (SSSR count). The summed E-state index contributed by atoms with van der Waals surface area (Å²) in [5.41, 5.74) is -3.29. The number of fused-ring (bicyclic) bond motifs is 2. The van der Waals surface area contributed by atoms with Gasteiger partial charge in [0.2, 0.25) is 0 Å². The number of halogens is 6. The summed E-state index contributed by atoms with van der Waals surface area (Å²) in [5.74, 6) is -2.78. The van der Waals surface area contributed by atoms with Crippen molar-refractivity contribution in [3.63, 3.8) is 0 Å². The SMILES string of the molecule is O=C1c2ccc(COC(=O)C34CC5CC(C3)C3(OOC36C3CC7CC6CC(C(=O)OCc6ccc8c(c6)C(=O)N(c6ccc(C(F)(F)F)cc6)C8=O)(C7)C3)C(C5)C4)cc2C(=O)N1c1ccc(C(F)(F)F)cc1. The Kier molecular flexibility index (Phi) is 9.53. The minimum Gasteiger partial charge on any atom is -0.460 e. The second-order valence-corrected chi connectivity index (χ2v) is 21.9. The van der Waals surface area contributed by atoms with Gasteiger partial charge < -0.3 is 9.47 Å². The summed E-state index contributed by atoms with van der Waals surface area (Å²) in [5, 5.41) is 0. The summed E-state index contributed by atoms with van der Waals surface area (Å²) in [6, 6.07) is 16.7. The first-order valence-electron chi connectivity index (χ1n) is 24.3. The smallest absolute Gasteiger partial charge is 0.416 e. The number of alkyl halides is 6. The van der Waals surface area contributed by atoms with Gasteiger partial charge >= 0.3 is 24.3 Å². The fourth-order valence-corrected chi connectivity index (χ4v) is 15.6. The van der Waals surface area contributed by atoms with Crippen LogP contribution in [0.1, 0.15) is 128 Å². The first-order chi connectivity index (χ1) is 34.2. The Bertz CT molecular complexity index is 2840. The number of hydrogen-bond donors (Lipinski definition) is 0. The maximum absolute atomic E-state index is 14.3. The average molecular weight is 995 g/mol. The van der Waals surface area contributed by atoms with E-state index >= 15 is 0 Å². The zero-order valence-electron chi connectivity index (χ0n) is 38.3. The van der Waals surface area contributed by atoms with Gasteiger partial charge in [0.15, 0.2) is 0 Å². The normalized spacial score (nSPS) is 33.5. The minimum atomic E-state index is -4.58. The van der Waals surface area contributed by atoms with E-state index in [1.165, 1.54) is 24.3 Å². The quantitative estimate of drug-likeness (QED) is 0.0724. The molecule has 8 aliphatic carbocycles. The van der Waals surface area contributed by atoms with Gasteiger partial charge in [-0.1, -0.05) is 12.1 Å². The van der Waals surface area contributed by atoms with E-state index in [0.717, 1.165) is 84.0 Å². The highest BCUT2D eigenvalue weighted by molar-refractivity contribution is 6.35. The first kappa shape index (κ1) is 45.5. The van der Waals surface area contributed by atoms with Crippen molar-refractivity contribution in [2.75, 3.05) is 9.80 Å². The molecule has 0 N–H and O–H groups in total. The molecule has 4 amide bonds. The van der Waals surface area contributed by atoms with Crippen LogP contribution in [0.25, 0.3) is 0 Å². The summed E-state index contributed by atoms with van der Waals surface area (Å²) in [4.78, 5) is 96.7. The van der Waals surface area contributed by atoms with E-state index in [9.17, 15) is 55.1 Å².